The number of primary amides is 1. The second kappa shape index (κ2) is 18.5. The van der Waals surface area contributed by atoms with E-state index in [4.69, 9.17) is 15.2 Å². The van der Waals surface area contributed by atoms with Crippen LogP contribution in [-0.2, 0) is 0 Å². The third-order valence-electron chi connectivity index (χ3n) is 7.65. The van der Waals surface area contributed by atoms with E-state index in [9.17, 15) is 29.7 Å². The number of aliphatic hydroxyl groups is 2. The largest absolute Gasteiger partial charge is 0.506 e. The van der Waals surface area contributed by atoms with E-state index >= 15 is 0 Å². The van der Waals surface area contributed by atoms with Crippen LogP contribution in [0.15, 0.2) is 84.9 Å². The summed E-state index contributed by atoms with van der Waals surface area (Å²) >= 11 is 0. The maximum Gasteiger partial charge on any atom is 0.343 e. The highest BCUT2D eigenvalue weighted by atomic mass is 16.6. The normalized spacial score (nSPS) is 12.5. The Morgan fingerprint density at radius 2 is 1.06 bits per heavy atom. The van der Waals surface area contributed by atoms with Crippen molar-refractivity contribution >= 4 is 23.7 Å². The van der Waals surface area contributed by atoms with Crippen molar-refractivity contribution in [2.45, 2.75) is 78.7 Å². The van der Waals surface area contributed by atoms with Crippen LogP contribution in [0, 0.1) is 13.8 Å². The quantitative estimate of drug-likeness (QED) is 0.0512. The Labute approximate surface area is 311 Å². The molecule has 0 heterocycles. The smallest absolute Gasteiger partial charge is 0.343 e. The molecule has 2 amide bonds. The van der Waals surface area contributed by atoms with Gasteiger partial charge in [-0.3, -0.25) is 0 Å². The Morgan fingerprint density at radius 1 is 0.642 bits per heavy atom. The number of esters is 2. The molecule has 0 aliphatic rings. The molecular formula is C41H52N4O8. The van der Waals surface area contributed by atoms with E-state index < -0.39 is 30.2 Å². The minimum atomic E-state index is -0.849. The summed E-state index contributed by atoms with van der Waals surface area (Å²) in [4.78, 5) is 36.2. The fourth-order valence-electron chi connectivity index (χ4n) is 4.63. The molecule has 0 aromatic heterocycles. The zero-order valence-electron chi connectivity index (χ0n) is 31.6. The van der Waals surface area contributed by atoms with Gasteiger partial charge >= 0.3 is 18.0 Å². The fraction of sp³-hybridized carbons (Fsp3) is 0.341. The lowest BCUT2D eigenvalue weighted by Gasteiger charge is -2.23. The predicted molar refractivity (Wildman–Crippen MR) is 205 cm³/mol. The van der Waals surface area contributed by atoms with Crippen molar-refractivity contribution in [3.05, 3.63) is 118 Å². The molecule has 4 rings (SSSR count). The Hall–Kier alpha value is -5.27. The molecule has 284 valence electrons. The standard InChI is InChI=1S/C28H31NO5.C13H21N3O3/c1-18-6-10-20(11-7-18)26(31)33-24-15-14-22(23(30)17-29-28(3,4)5)16-25(24)34-27(32)21-12-8-19(2)9-13-21;1-13(2,3)15-7-11(18)8-4-5-10(17)9(6-8)16-12(14)19/h6-16,23,29-30H,17H2,1-5H3;4-6,11,15,17-18H,7H2,1-3H3,(H3,14,16,19). The second-order valence-electron chi connectivity index (χ2n) is 14.8. The summed E-state index contributed by atoms with van der Waals surface area (Å²) in [5.41, 5.74) is 8.78. The summed E-state index contributed by atoms with van der Waals surface area (Å²) in [6, 6.07) is 22.4. The lowest BCUT2D eigenvalue weighted by atomic mass is 10.1. The van der Waals surface area contributed by atoms with Gasteiger partial charge in [0.2, 0.25) is 0 Å². The van der Waals surface area contributed by atoms with Crippen LogP contribution in [-0.4, -0.2) is 57.5 Å². The number of benzene rings is 4. The number of amides is 2. The van der Waals surface area contributed by atoms with Crippen LogP contribution in [0.3, 0.4) is 0 Å². The zero-order valence-corrected chi connectivity index (χ0v) is 31.6. The first kappa shape index (κ1) is 42.1. The van der Waals surface area contributed by atoms with Crippen LogP contribution < -0.4 is 31.2 Å². The van der Waals surface area contributed by atoms with Gasteiger partial charge in [-0.15, -0.1) is 0 Å². The van der Waals surface area contributed by atoms with Gasteiger partial charge in [-0.25, -0.2) is 14.4 Å². The molecule has 0 bridgehead atoms. The minimum absolute atomic E-state index is 0.0540. The molecule has 0 spiro atoms. The van der Waals surface area contributed by atoms with Crippen LogP contribution in [0.2, 0.25) is 0 Å². The average molecular weight is 729 g/mol. The Morgan fingerprint density at radius 3 is 1.49 bits per heavy atom. The highest BCUT2D eigenvalue weighted by Crippen LogP contribution is 2.32. The van der Waals surface area contributed by atoms with Gasteiger partial charge in [-0.1, -0.05) is 47.5 Å². The van der Waals surface area contributed by atoms with Gasteiger partial charge in [0.15, 0.2) is 11.5 Å². The number of ether oxygens (including phenoxy) is 2. The van der Waals surface area contributed by atoms with Gasteiger partial charge in [-0.2, -0.15) is 0 Å². The molecule has 4 aromatic carbocycles. The number of carbonyl (C=O) groups is 3. The molecule has 12 nitrogen and oxygen atoms in total. The van der Waals surface area contributed by atoms with E-state index in [-0.39, 0.29) is 34.0 Å². The number of hydrogen-bond acceptors (Lipinski definition) is 10. The lowest BCUT2D eigenvalue weighted by molar-refractivity contribution is 0.0681. The molecule has 4 aromatic rings. The van der Waals surface area contributed by atoms with Gasteiger partial charge < -0.3 is 46.5 Å². The van der Waals surface area contributed by atoms with E-state index in [0.29, 0.717) is 35.3 Å². The number of β-amino-alcohol motifs (C(OH)–C–C–N with tert-alkyl or cyclic N) is 2. The number of aryl methyl sites for hydroxylation is 2. The third kappa shape index (κ3) is 14.3. The first-order valence-corrected chi connectivity index (χ1v) is 17.2. The Balaban J connectivity index is 0.000000337. The molecule has 2 unspecified atom stereocenters. The van der Waals surface area contributed by atoms with Crippen molar-refractivity contribution < 1.29 is 39.2 Å². The van der Waals surface area contributed by atoms with Crippen LogP contribution >= 0.6 is 0 Å². The highest BCUT2D eigenvalue weighted by Gasteiger charge is 2.21. The van der Waals surface area contributed by atoms with Gasteiger partial charge in [0.25, 0.3) is 0 Å². The molecular weight excluding hydrogens is 676 g/mol. The molecule has 12 heteroatoms. The van der Waals surface area contributed by atoms with Crippen molar-refractivity contribution in [2.24, 2.45) is 5.73 Å². The van der Waals surface area contributed by atoms with E-state index in [0.717, 1.165) is 11.1 Å². The second-order valence-corrected chi connectivity index (χ2v) is 14.8. The Bertz CT molecular complexity index is 1850. The summed E-state index contributed by atoms with van der Waals surface area (Å²) in [6.45, 7) is 16.5. The van der Waals surface area contributed by atoms with Crippen LogP contribution in [0.1, 0.15) is 96.7 Å². The number of anilines is 1. The number of phenols is 1. The Kier molecular flexibility index (Phi) is 14.7. The number of carbonyl (C=O) groups excluding carboxylic acids is 3. The maximum atomic E-state index is 12.8. The predicted octanol–water partition coefficient (Wildman–Crippen LogP) is 6.47. The lowest BCUT2D eigenvalue weighted by Crippen LogP contribution is -2.38. The molecule has 0 aliphatic heterocycles. The van der Waals surface area contributed by atoms with Gasteiger partial charge in [0.05, 0.1) is 29.0 Å². The summed E-state index contributed by atoms with van der Waals surface area (Å²) in [6.07, 6.45) is -1.59. The average Bonchev–Trinajstić information content (AvgIpc) is 3.07. The molecule has 0 aliphatic carbocycles. The summed E-state index contributed by atoms with van der Waals surface area (Å²) in [7, 11) is 0. The number of aromatic hydroxyl groups is 1. The van der Waals surface area contributed by atoms with Gasteiger partial charge in [-0.05, 0) is 115 Å². The molecule has 0 fully saturated rings. The maximum absolute atomic E-state index is 12.8. The number of nitrogens with two attached hydrogens (primary N) is 1. The number of aliphatic hydroxyl groups excluding tert-OH is 2. The molecule has 2 atom stereocenters. The first-order chi connectivity index (χ1) is 24.7. The first-order valence-electron chi connectivity index (χ1n) is 17.2. The summed E-state index contributed by atoms with van der Waals surface area (Å²) < 4.78 is 11.2. The molecule has 0 saturated carbocycles. The topological polar surface area (TPSA) is 192 Å². The molecule has 8 N–H and O–H groups in total. The van der Waals surface area contributed by atoms with Crippen LogP contribution in [0.4, 0.5) is 10.5 Å². The van der Waals surface area contributed by atoms with Crippen molar-refractivity contribution in [3.63, 3.8) is 0 Å². The number of rotatable bonds is 11. The van der Waals surface area contributed by atoms with E-state index in [1.807, 2.05) is 79.7 Å². The molecule has 0 radical (unpaired) electrons. The van der Waals surface area contributed by atoms with Crippen LogP contribution in [0.25, 0.3) is 0 Å². The van der Waals surface area contributed by atoms with E-state index in [1.54, 1.807) is 36.4 Å². The van der Waals surface area contributed by atoms with Crippen molar-refractivity contribution in [1.82, 2.24) is 10.6 Å². The number of nitrogens with one attached hydrogen (secondary N) is 3. The number of phenolic OH excluding ortho intramolecular Hbond substituents is 1. The summed E-state index contributed by atoms with van der Waals surface area (Å²) in [5.74, 6) is -1.12. The summed E-state index contributed by atoms with van der Waals surface area (Å²) in [5, 5.41) is 39.0. The van der Waals surface area contributed by atoms with Gasteiger partial charge in [0, 0.05) is 24.2 Å². The zero-order chi connectivity index (χ0) is 39.5. The highest BCUT2D eigenvalue weighted by molar-refractivity contribution is 5.93. The van der Waals surface area contributed by atoms with E-state index in [2.05, 4.69) is 16.0 Å². The van der Waals surface area contributed by atoms with Crippen molar-refractivity contribution in [2.75, 3.05) is 18.4 Å². The van der Waals surface area contributed by atoms with Gasteiger partial charge in [0.1, 0.15) is 5.75 Å². The van der Waals surface area contributed by atoms with Crippen molar-refractivity contribution in [3.8, 4) is 17.2 Å². The third-order valence-corrected chi connectivity index (χ3v) is 7.65. The van der Waals surface area contributed by atoms with E-state index in [1.165, 1.54) is 24.3 Å². The minimum Gasteiger partial charge on any atom is -0.506 e. The number of urea groups is 1. The molecule has 53 heavy (non-hydrogen) atoms. The monoisotopic (exact) mass is 728 g/mol. The molecule has 0 saturated heterocycles. The number of hydrogen-bond donors (Lipinski definition) is 7. The SMILES string of the molecule is CC(C)(C)NCC(O)c1ccc(O)c(NC(N)=O)c1.Cc1ccc(C(=O)Oc2ccc(C(O)CNC(C)(C)C)cc2OC(=O)c2ccc(C)cc2)cc1. The van der Waals surface area contributed by atoms with Crippen LogP contribution in [0.5, 0.6) is 17.2 Å². The van der Waals surface area contributed by atoms with Crippen molar-refractivity contribution in [1.29, 1.82) is 0 Å². The fourth-order valence-corrected chi connectivity index (χ4v) is 4.63.